The number of benzene rings is 1. The zero-order valence-corrected chi connectivity index (χ0v) is 14.8. The van der Waals surface area contributed by atoms with Crippen LogP contribution in [0.2, 0.25) is 0 Å². The van der Waals surface area contributed by atoms with Gasteiger partial charge >= 0.3 is 6.03 Å². The number of urea groups is 1. The van der Waals surface area contributed by atoms with Gasteiger partial charge in [-0.3, -0.25) is 4.79 Å². The summed E-state index contributed by atoms with van der Waals surface area (Å²) in [6, 6.07) is 10.1. The van der Waals surface area contributed by atoms with E-state index in [-0.39, 0.29) is 18.5 Å². The Morgan fingerprint density at radius 2 is 1.79 bits per heavy atom. The lowest BCUT2D eigenvalue weighted by atomic mass is 9.95. The van der Waals surface area contributed by atoms with Crippen molar-refractivity contribution in [1.29, 1.82) is 0 Å². The Bertz CT molecular complexity index is 527. The van der Waals surface area contributed by atoms with Crippen molar-refractivity contribution >= 4 is 11.9 Å². The van der Waals surface area contributed by atoms with Gasteiger partial charge in [-0.15, -0.1) is 0 Å². The van der Waals surface area contributed by atoms with E-state index in [0.29, 0.717) is 19.1 Å². The molecule has 24 heavy (non-hydrogen) atoms. The number of hydrogen-bond acceptors (Lipinski definition) is 2. The summed E-state index contributed by atoms with van der Waals surface area (Å²) < 4.78 is 0. The predicted octanol–water partition coefficient (Wildman–Crippen LogP) is 3.01. The normalized spacial score (nSPS) is 14.9. The largest absolute Gasteiger partial charge is 0.337 e. The first-order valence-electron chi connectivity index (χ1n) is 8.94. The summed E-state index contributed by atoms with van der Waals surface area (Å²) in [4.78, 5) is 28.2. The number of hydrogen-bond donors (Lipinski definition) is 1. The minimum absolute atomic E-state index is 0.0493. The lowest BCUT2D eigenvalue weighted by Gasteiger charge is -2.31. The van der Waals surface area contributed by atoms with Gasteiger partial charge in [-0.05, 0) is 25.3 Å². The number of carbonyl (C=O) groups excluding carboxylic acids is 2. The minimum Gasteiger partial charge on any atom is -0.337 e. The molecule has 1 saturated carbocycles. The fourth-order valence-electron chi connectivity index (χ4n) is 3.20. The molecule has 1 aromatic rings. The number of nitrogens with zero attached hydrogens (tertiary/aromatic N) is 2. The van der Waals surface area contributed by atoms with Gasteiger partial charge in [-0.25, -0.2) is 4.79 Å². The maximum absolute atomic E-state index is 12.4. The van der Waals surface area contributed by atoms with Gasteiger partial charge in [0.2, 0.25) is 5.91 Å². The summed E-state index contributed by atoms with van der Waals surface area (Å²) >= 11 is 0. The van der Waals surface area contributed by atoms with E-state index in [0.717, 1.165) is 18.4 Å². The van der Waals surface area contributed by atoms with Crippen LogP contribution in [-0.4, -0.2) is 47.9 Å². The van der Waals surface area contributed by atoms with Gasteiger partial charge in [0.1, 0.15) is 0 Å². The Labute approximate surface area is 145 Å². The summed E-state index contributed by atoms with van der Waals surface area (Å²) in [6.45, 7) is 3.21. The van der Waals surface area contributed by atoms with Crippen molar-refractivity contribution in [2.45, 2.75) is 51.6 Å². The van der Waals surface area contributed by atoms with Crippen LogP contribution in [0.5, 0.6) is 0 Å². The number of amides is 3. The third kappa shape index (κ3) is 5.25. The number of carbonyl (C=O) groups is 2. The number of likely N-dealkylation sites (N-methyl/N-ethyl adjacent to an activating group) is 1. The summed E-state index contributed by atoms with van der Waals surface area (Å²) in [7, 11) is 1.83. The molecule has 1 N–H and O–H groups in total. The van der Waals surface area contributed by atoms with E-state index < -0.39 is 0 Å². The summed E-state index contributed by atoms with van der Waals surface area (Å²) in [5.41, 5.74) is 1.10. The molecule has 132 valence electrons. The molecule has 0 bridgehead atoms. The highest BCUT2D eigenvalue weighted by molar-refractivity contribution is 5.84. The van der Waals surface area contributed by atoms with Crippen LogP contribution < -0.4 is 5.32 Å². The fraction of sp³-hybridized carbons (Fsp3) is 0.579. The van der Waals surface area contributed by atoms with Gasteiger partial charge in [0, 0.05) is 26.2 Å². The standard InChI is InChI=1S/C19H29N3O2/c1-3-22(15-16-10-6-4-7-11-16)18(23)14-20-19(24)21(2)17-12-8-5-9-13-17/h4,6-7,10-11,17H,3,5,8-9,12-15H2,1-2H3,(H,20,24). The van der Waals surface area contributed by atoms with Gasteiger partial charge in [0.15, 0.2) is 0 Å². The van der Waals surface area contributed by atoms with Gasteiger partial charge in [0.25, 0.3) is 0 Å². The van der Waals surface area contributed by atoms with Crippen LogP contribution in [0.4, 0.5) is 4.79 Å². The molecule has 5 nitrogen and oxygen atoms in total. The Hall–Kier alpha value is -2.04. The Morgan fingerprint density at radius 1 is 1.12 bits per heavy atom. The lowest BCUT2D eigenvalue weighted by Crippen LogP contribution is -2.47. The van der Waals surface area contributed by atoms with E-state index in [9.17, 15) is 9.59 Å². The third-order valence-electron chi connectivity index (χ3n) is 4.78. The molecule has 0 radical (unpaired) electrons. The predicted molar refractivity (Wildman–Crippen MR) is 95.6 cm³/mol. The monoisotopic (exact) mass is 331 g/mol. The first-order valence-corrected chi connectivity index (χ1v) is 8.94. The van der Waals surface area contributed by atoms with Crippen LogP contribution in [0.3, 0.4) is 0 Å². The van der Waals surface area contributed by atoms with Crippen LogP contribution in [0, 0.1) is 0 Å². The second-order valence-corrected chi connectivity index (χ2v) is 6.45. The fourth-order valence-corrected chi connectivity index (χ4v) is 3.20. The molecule has 1 aromatic carbocycles. The van der Waals surface area contributed by atoms with Crippen molar-refractivity contribution in [3.05, 3.63) is 35.9 Å². The maximum atomic E-state index is 12.4. The first kappa shape index (κ1) is 18.3. The Balaban J connectivity index is 1.80. The Kier molecular flexibility index (Phi) is 7.09. The van der Waals surface area contributed by atoms with Crippen molar-refractivity contribution in [1.82, 2.24) is 15.1 Å². The van der Waals surface area contributed by atoms with Crippen LogP contribution in [0.25, 0.3) is 0 Å². The van der Waals surface area contributed by atoms with Gasteiger partial charge < -0.3 is 15.1 Å². The average Bonchev–Trinajstić information content (AvgIpc) is 2.64. The molecule has 0 aliphatic heterocycles. The maximum Gasteiger partial charge on any atom is 0.317 e. The third-order valence-corrected chi connectivity index (χ3v) is 4.78. The zero-order valence-electron chi connectivity index (χ0n) is 14.8. The molecule has 0 spiro atoms. The molecule has 0 unspecified atom stereocenters. The first-order chi connectivity index (χ1) is 11.6. The van der Waals surface area contributed by atoms with Crippen LogP contribution in [0.1, 0.15) is 44.6 Å². The molecule has 0 aromatic heterocycles. The van der Waals surface area contributed by atoms with Gasteiger partial charge in [-0.2, -0.15) is 0 Å². The zero-order chi connectivity index (χ0) is 17.4. The highest BCUT2D eigenvalue weighted by atomic mass is 16.2. The molecular formula is C19H29N3O2. The molecule has 2 rings (SSSR count). The van der Waals surface area contributed by atoms with E-state index in [1.807, 2.05) is 44.3 Å². The number of nitrogens with one attached hydrogen (secondary N) is 1. The van der Waals surface area contributed by atoms with Crippen molar-refractivity contribution in [3.8, 4) is 0 Å². The molecule has 1 aliphatic carbocycles. The molecule has 0 saturated heterocycles. The molecule has 1 fully saturated rings. The minimum atomic E-state index is -0.147. The van der Waals surface area contributed by atoms with E-state index in [1.54, 1.807) is 9.80 Å². The highest BCUT2D eigenvalue weighted by Crippen LogP contribution is 2.21. The molecule has 1 aliphatic rings. The van der Waals surface area contributed by atoms with Crippen LogP contribution >= 0.6 is 0 Å². The average molecular weight is 331 g/mol. The number of rotatable bonds is 6. The molecule has 5 heteroatoms. The van der Waals surface area contributed by atoms with Crippen molar-refractivity contribution in [3.63, 3.8) is 0 Å². The lowest BCUT2D eigenvalue weighted by molar-refractivity contribution is -0.130. The quantitative estimate of drug-likeness (QED) is 0.871. The molecule has 3 amide bonds. The van der Waals surface area contributed by atoms with Crippen LogP contribution in [0.15, 0.2) is 30.3 Å². The second-order valence-electron chi connectivity index (χ2n) is 6.45. The molecule has 0 heterocycles. The summed E-state index contributed by atoms with van der Waals surface area (Å²) in [5.74, 6) is -0.0493. The van der Waals surface area contributed by atoms with Gasteiger partial charge in [0.05, 0.1) is 6.54 Å². The van der Waals surface area contributed by atoms with Crippen molar-refractivity contribution in [2.75, 3.05) is 20.1 Å². The smallest absolute Gasteiger partial charge is 0.317 e. The van der Waals surface area contributed by atoms with Crippen molar-refractivity contribution in [2.24, 2.45) is 0 Å². The van der Waals surface area contributed by atoms with Crippen molar-refractivity contribution < 1.29 is 9.59 Å². The Morgan fingerprint density at radius 3 is 2.42 bits per heavy atom. The van der Waals surface area contributed by atoms with E-state index >= 15 is 0 Å². The topological polar surface area (TPSA) is 52.7 Å². The second kappa shape index (κ2) is 9.30. The van der Waals surface area contributed by atoms with Gasteiger partial charge in [-0.1, -0.05) is 49.6 Å². The SMILES string of the molecule is CCN(Cc1ccccc1)C(=O)CNC(=O)N(C)C1CCCCC1. The summed E-state index contributed by atoms with van der Waals surface area (Å²) in [6.07, 6.45) is 5.75. The highest BCUT2D eigenvalue weighted by Gasteiger charge is 2.22. The van der Waals surface area contributed by atoms with Crippen LogP contribution in [-0.2, 0) is 11.3 Å². The molecular weight excluding hydrogens is 302 g/mol. The molecule has 0 atom stereocenters. The van der Waals surface area contributed by atoms with E-state index in [1.165, 1.54) is 19.3 Å². The summed E-state index contributed by atoms with van der Waals surface area (Å²) in [5, 5.41) is 2.78. The van der Waals surface area contributed by atoms with E-state index in [2.05, 4.69) is 5.32 Å². The van der Waals surface area contributed by atoms with E-state index in [4.69, 9.17) is 0 Å².